The van der Waals surface area contributed by atoms with Gasteiger partial charge < -0.3 is 5.32 Å². The Kier molecular flexibility index (Phi) is 4.77. The minimum atomic E-state index is -0.0186. The Balaban J connectivity index is 1.42. The van der Waals surface area contributed by atoms with Crippen molar-refractivity contribution < 1.29 is 4.79 Å². The molecule has 2 aromatic rings. The molecule has 1 aliphatic rings. The number of anilines is 1. The molecule has 1 aromatic heterocycles. The van der Waals surface area contributed by atoms with Crippen LogP contribution in [0.15, 0.2) is 29.2 Å². The molecule has 21 heavy (non-hydrogen) atoms. The molecule has 110 valence electrons. The molecule has 0 aliphatic heterocycles. The van der Waals surface area contributed by atoms with Gasteiger partial charge in [-0.05, 0) is 37.1 Å². The molecule has 7 heteroatoms. The molecule has 0 spiro atoms. The largest absolute Gasteiger partial charge is 0.301 e. The van der Waals surface area contributed by atoms with Gasteiger partial charge in [0.05, 0.1) is 0 Å². The lowest BCUT2D eigenvalue weighted by Gasteiger charge is -2.02. The van der Waals surface area contributed by atoms with Gasteiger partial charge in [0, 0.05) is 28.0 Å². The van der Waals surface area contributed by atoms with Crippen LogP contribution in [0.25, 0.3) is 0 Å². The van der Waals surface area contributed by atoms with Gasteiger partial charge in [-0.2, -0.15) is 0 Å². The molecule has 1 fully saturated rings. The summed E-state index contributed by atoms with van der Waals surface area (Å²) in [5.41, 5.74) is 0. The SMILES string of the molecule is O=C(CCSc1ccc(Cl)cc1)Nc1nnc(C2CC2)s1. The zero-order valence-corrected chi connectivity index (χ0v) is 13.6. The number of aromatic nitrogens is 2. The Morgan fingerprint density at radius 2 is 2.10 bits per heavy atom. The van der Waals surface area contributed by atoms with Gasteiger partial charge in [0.1, 0.15) is 5.01 Å². The van der Waals surface area contributed by atoms with E-state index in [0.29, 0.717) is 17.5 Å². The maximum absolute atomic E-state index is 11.8. The molecule has 0 bridgehead atoms. The third-order valence-electron chi connectivity index (χ3n) is 3.03. The summed E-state index contributed by atoms with van der Waals surface area (Å²) in [4.78, 5) is 13.0. The highest BCUT2D eigenvalue weighted by Gasteiger charge is 2.27. The van der Waals surface area contributed by atoms with Crippen LogP contribution in [0.2, 0.25) is 5.02 Å². The molecule has 0 atom stereocenters. The van der Waals surface area contributed by atoms with E-state index in [1.807, 2.05) is 24.3 Å². The van der Waals surface area contributed by atoms with Crippen LogP contribution in [-0.2, 0) is 4.79 Å². The Labute approximate surface area is 136 Å². The summed E-state index contributed by atoms with van der Waals surface area (Å²) in [5.74, 6) is 1.28. The summed E-state index contributed by atoms with van der Waals surface area (Å²) in [7, 11) is 0. The summed E-state index contributed by atoms with van der Waals surface area (Å²) in [6, 6.07) is 7.62. The molecule has 1 N–H and O–H groups in total. The number of rotatable bonds is 6. The lowest BCUT2D eigenvalue weighted by Crippen LogP contribution is -2.11. The normalized spacial score (nSPS) is 14.1. The smallest absolute Gasteiger partial charge is 0.227 e. The van der Waals surface area contributed by atoms with E-state index in [0.717, 1.165) is 20.7 Å². The highest BCUT2D eigenvalue weighted by Crippen LogP contribution is 2.42. The second-order valence-electron chi connectivity index (χ2n) is 4.82. The third-order valence-corrected chi connectivity index (χ3v) is 5.29. The molecule has 1 aromatic carbocycles. The number of benzene rings is 1. The summed E-state index contributed by atoms with van der Waals surface area (Å²) in [6.07, 6.45) is 2.84. The van der Waals surface area contributed by atoms with E-state index in [9.17, 15) is 4.79 Å². The van der Waals surface area contributed by atoms with E-state index in [2.05, 4.69) is 15.5 Å². The minimum absolute atomic E-state index is 0.0186. The predicted octanol–water partition coefficient (Wildman–Crippen LogP) is 4.19. The van der Waals surface area contributed by atoms with Crippen molar-refractivity contribution in [2.24, 2.45) is 0 Å². The quantitative estimate of drug-likeness (QED) is 0.802. The van der Waals surface area contributed by atoms with Crippen LogP contribution in [0.4, 0.5) is 5.13 Å². The van der Waals surface area contributed by atoms with Gasteiger partial charge in [-0.1, -0.05) is 22.9 Å². The first-order chi connectivity index (χ1) is 10.2. The standard InChI is InChI=1S/C14H14ClN3OS2/c15-10-3-5-11(6-4-10)20-8-7-12(19)16-14-18-17-13(21-14)9-1-2-9/h3-6,9H,1-2,7-8H2,(H,16,18,19). The van der Waals surface area contributed by atoms with Crippen molar-refractivity contribution in [1.82, 2.24) is 10.2 Å². The number of thioether (sulfide) groups is 1. The number of halogens is 1. The fourth-order valence-electron chi connectivity index (χ4n) is 1.75. The molecule has 1 aliphatic carbocycles. The van der Waals surface area contributed by atoms with E-state index in [4.69, 9.17) is 11.6 Å². The van der Waals surface area contributed by atoms with E-state index >= 15 is 0 Å². The molecular formula is C14H14ClN3OS2. The highest BCUT2D eigenvalue weighted by molar-refractivity contribution is 7.99. The summed E-state index contributed by atoms with van der Waals surface area (Å²) in [6.45, 7) is 0. The van der Waals surface area contributed by atoms with Crippen LogP contribution in [0.1, 0.15) is 30.2 Å². The zero-order chi connectivity index (χ0) is 14.7. The number of hydrogen-bond acceptors (Lipinski definition) is 5. The van der Waals surface area contributed by atoms with Crippen molar-refractivity contribution in [3.63, 3.8) is 0 Å². The van der Waals surface area contributed by atoms with Crippen molar-refractivity contribution in [3.05, 3.63) is 34.3 Å². The molecule has 0 saturated heterocycles. The molecule has 4 nitrogen and oxygen atoms in total. The number of nitrogens with one attached hydrogen (secondary N) is 1. The maximum atomic E-state index is 11.8. The van der Waals surface area contributed by atoms with Crippen LogP contribution in [0, 0.1) is 0 Å². The molecular weight excluding hydrogens is 326 g/mol. The van der Waals surface area contributed by atoms with Gasteiger partial charge in [-0.15, -0.1) is 22.0 Å². The average molecular weight is 340 g/mol. The summed E-state index contributed by atoms with van der Waals surface area (Å²) in [5, 5.41) is 13.3. The van der Waals surface area contributed by atoms with E-state index < -0.39 is 0 Å². The van der Waals surface area contributed by atoms with Crippen molar-refractivity contribution in [2.75, 3.05) is 11.1 Å². The summed E-state index contributed by atoms with van der Waals surface area (Å²) < 4.78 is 0. The Hall–Kier alpha value is -1.11. The number of nitrogens with zero attached hydrogens (tertiary/aromatic N) is 2. The van der Waals surface area contributed by atoms with E-state index in [-0.39, 0.29) is 5.91 Å². The van der Waals surface area contributed by atoms with Crippen molar-refractivity contribution in [2.45, 2.75) is 30.1 Å². The number of amides is 1. The van der Waals surface area contributed by atoms with Crippen molar-refractivity contribution in [3.8, 4) is 0 Å². The van der Waals surface area contributed by atoms with E-state index in [1.54, 1.807) is 11.8 Å². The van der Waals surface area contributed by atoms with Gasteiger partial charge in [-0.25, -0.2) is 0 Å². The second-order valence-corrected chi connectivity index (χ2v) is 7.43. The van der Waals surface area contributed by atoms with Gasteiger partial charge in [0.15, 0.2) is 0 Å². The molecule has 0 radical (unpaired) electrons. The van der Waals surface area contributed by atoms with Gasteiger partial charge in [0.25, 0.3) is 0 Å². The number of hydrogen-bond donors (Lipinski definition) is 1. The molecule has 1 amide bonds. The van der Waals surface area contributed by atoms with Crippen LogP contribution in [-0.4, -0.2) is 21.9 Å². The monoisotopic (exact) mass is 339 g/mol. The first-order valence-corrected chi connectivity index (χ1v) is 8.90. The fraction of sp³-hybridized carbons (Fsp3) is 0.357. The van der Waals surface area contributed by atoms with Gasteiger partial charge in [-0.3, -0.25) is 4.79 Å². The zero-order valence-electron chi connectivity index (χ0n) is 11.2. The van der Waals surface area contributed by atoms with Crippen LogP contribution < -0.4 is 5.32 Å². The number of carbonyl (C=O) groups excluding carboxylic acids is 1. The molecule has 0 unspecified atom stereocenters. The lowest BCUT2D eigenvalue weighted by atomic mass is 10.4. The topological polar surface area (TPSA) is 54.9 Å². The van der Waals surface area contributed by atoms with Crippen LogP contribution in [0.3, 0.4) is 0 Å². The van der Waals surface area contributed by atoms with Gasteiger partial charge >= 0.3 is 0 Å². The Bertz CT molecular complexity index is 625. The first kappa shape index (κ1) is 14.8. The maximum Gasteiger partial charge on any atom is 0.227 e. The van der Waals surface area contributed by atoms with E-state index in [1.165, 1.54) is 24.2 Å². The number of carbonyl (C=O) groups is 1. The minimum Gasteiger partial charge on any atom is -0.301 e. The van der Waals surface area contributed by atoms with Crippen LogP contribution in [0.5, 0.6) is 0 Å². The predicted molar refractivity (Wildman–Crippen MR) is 87.3 cm³/mol. The third kappa shape index (κ3) is 4.43. The van der Waals surface area contributed by atoms with Crippen LogP contribution >= 0.6 is 34.7 Å². The average Bonchev–Trinajstić information content (AvgIpc) is 3.22. The van der Waals surface area contributed by atoms with Crippen molar-refractivity contribution >= 4 is 45.7 Å². The second kappa shape index (κ2) is 6.77. The molecule has 3 rings (SSSR count). The summed E-state index contributed by atoms with van der Waals surface area (Å²) >= 11 is 8.95. The lowest BCUT2D eigenvalue weighted by molar-refractivity contribution is -0.115. The Morgan fingerprint density at radius 3 is 2.81 bits per heavy atom. The van der Waals surface area contributed by atoms with Crippen molar-refractivity contribution in [1.29, 1.82) is 0 Å². The molecule has 1 saturated carbocycles. The highest BCUT2D eigenvalue weighted by atomic mass is 35.5. The Morgan fingerprint density at radius 1 is 1.33 bits per heavy atom. The van der Waals surface area contributed by atoms with Gasteiger partial charge in [0.2, 0.25) is 11.0 Å². The fourth-order valence-corrected chi connectivity index (χ4v) is 3.66. The first-order valence-electron chi connectivity index (χ1n) is 6.72. The molecule has 1 heterocycles.